The molecule has 0 bridgehead atoms. The highest BCUT2D eigenvalue weighted by molar-refractivity contribution is 7.89. The summed E-state index contributed by atoms with van der Waals surface area (Å²) < 4.78 is 53.5. The number of ether oxygens (including phenoxy) is 1. The number of rotatable bonds is 7. The number of aromatic amines is 1. The second kappa shape index (κ2) is 8.77. The standard InChI is InChI=1S/C19H20ClFN4O5S/c1-9-5-6-12(21)15(10(9)2)11(3)16(18-23-24-19(26)30-18)25-31(27,28)13-7-8-14(20)22-17(13)29-4/h5-8,11,16,25H,1-4H3,(H,24,26). The average molecular weight is 471 g/mol. The smallest absolute Gasteiger partial charge is 0.434 e. The van der Waals surface area contributed by atoms with E-state index in [4.69, 9.17) is 20.8 Å². The molecule has 9 nitrogen and oxygen atoms in total. The van der Waals surface area contributed by atoms with E-state index in [1.54, 1.807) is 19.9 Å². The molecule has 3 rings (SSSR count). The monoisotopic (exact) mass is 470 g/mol. The molecule has 2 N–H and O–H groups in total. The predicted octanol–water partition coefficient (Wildman–Crippen LogP) is 3.00. The minimum atomic E-state index is -4.28. The van der Waals surface area contributed by atoms with Crippen LogP contribution in [0.1, 0.15) is 41.5 Å². The van der Waals surface area contributed by atoms with E-state index in [9.17, 15) is 17.6 Å². The van der Waals surface area contributed by atoms with Crippen molar-refractivity contribution >= 4 is 21.6 Å². The maximum Gasteiger partial charge on any atom is 0.434 e. The summed E-state index contributed by atoms with van der Waals surface area (Å²) in [6.45, 7) is 5.13. The number of aromatic nitrogens is 3. The maximum absolute atomic E-state index is 14.7. The number of aryl methyl sites for hydroxylation is 1. The largest absolute Gasteiger partial charge is 0.480 e. The first kappa shape index (κ1) is 22.9. The van der Waals surface area contributed by atoms with Gasteiger partial charge in [-0.05, 0) is 48.7 Å². The van der Waals surface area contributed by atoms with E-state index >= 15 is 0 Å². The van der Waals surface area contributed by atoms with Gasteiger partial charge >= 0.3 is 5.76 Å². The Kier molecular flexibility index (Phi) is 6.48. The van der Waals surface area contributed by atoms with Crippen LogP contribution in [-0.2, 0) is 10.0 Å². The SMILES string of the molecule is COc1nc(Cl)ccc1S(=O)(=O)NC(c1n[nH]c(=O)o1)C(C)c1c(F)ccc(C)c1C. The van der Waals surface area contributed by atoms with Gasteiger partial charge in [-0.15, -0.1) is 5.10 Å². The Bertz CT molecular complexity index is 1270. The highest BCUT2D eigenvalue weighted by atomic mass is 35.5. The number of halogens is 2. The summed E-state index contributed by atoms with van der Waals surface area (Å²) in [6, 6.07) is 4.21. The molecule has 0 spiro atoms. The number of hydrogen-bond acceptors (Lipinski definition) is 7. The number of H-pyrrole nitrogens is 1. The van der Waals surface area contributed by atoms with Crippen LogP contribution in [0.25, 0.3) is 0 Å². The normalized spacial score (nSPS) is 13.7. The van der Waals surface area contributed by atoms with Crippen LogP contribution in [0.15, 0.2) is 38.4 Å². The Labute approximate surface area is 182 Å². The summed E-state index contributed by atoms with van der Waals surface area (Å²) in [4.78, 5) is 15.1. The van der Waals surface area contributed by atoms with E-state index in [-0.39, 0.29) is 27.4 Å². The Balaban J connectivity index is 2.12. The van der Waals surface area contributed by atoms with Gasteiger partial charge in [0, 0.05) is 5.92 Å². The first-order chi connectivity index (χ1) is 14.5. The molecule has 0 aliphatic rings. The third kappa shape index (κ3) is 4.63. The molecule has 0 saturated heterocycles. The number of nitrogens with zero attached hydrogens (tertiary/aromatic N) is 2. The first-order valence-corrected chi connectivity index (χ1v) is 10.9. The van der Waals surface area contributed by atoms with Crippen LogP contribution in [0.5, 0.6) is 5.88 Å². The van der Waals surface area contributed by atoms with Gasteiger partial charge in [0.05, 0.1) is 7.11 Å². The van der Waals surface area contributed by atoms with Crippen molar-refractivity contribution in [2.45, 2.75) is 37.6 Å². The second-order valence-corrected chi connectivity index (χ2v) is 8.95. The van der Waals surface area contributed by atoms with Crippen molar-refractivity contribution in [3.63, 3.8) is 0 Å². The van der Waals surface area contributed by atoms with E-state index in [1.807, 2.05) is 6.92 Å². The summed E-state index contributed by atoms with van der Waals surface area (Å²) >= 11 is 5.82. The lowest BCUT2D eigenvalue weighted by Gasteiger charge is -2.25. The molecule has 166 valence electrons. The second-order valence-electron chi connectivity index (χ2n) is 6.88. The summed E-state index contributed by atoms with van der Waals surface area (Å²) in [5.74, 6) is -2.68. The Morgan fingerprint density at radius 3 is 2.58 bits per heavy atom. The zero-order valence-corrected chi connectivity index (χ0v) is 18.6. The van der Waals surface area contributed by atoms with Crippen LogP contribution < -0.4 is 15.2 Å². The average Bonchev–Trinajstić information content (AvgIpc) is 3.14. The Hall–Kier alpha value is -2.76. The quantitative estimate of drug-likeness (QED) is 0.508. The van der Waals surface area contributed by atoms with Crippen LogP contribution in [0, 0.1) is 19.7 Å². The number of methoxy groups -OCH3 is 1. The molecule has 0 aliphatic heterocycles. The molecule has 0 saturated carbocycles. The minimum absolute atomic E-state index is 0.0384. The van der Waals surface area contributed by atoms with E-state index in [2.05, 4.69) is 19.9 Å². The van der Waals surface area contributed by atoms with Crippen LogP contribution in [-0.4, -0.2) is 30.7 Å². The van der Waals surface area contributed by atoms with Crippen molar-refractivity contribution < 1.29 is 22.0 Å². The molecule has 2 unspecified atom stereocenters. The van der Waals surface area contributed by atoms with Crippen molar-refractivity contribution in [2.24, 2.45) is 0 Å². The molecule has 2 atom stereocenters. The van der Waals surface area contributed by atoms with Crippen LogP contribution in [0.4, 0.5) is 4.39 Å². The summed E-state index contributed by atoms with van der Waals surface area (Å²) in [6.07, 6.45) is 0. The maximum atomic E-state index is 14.7. The summed E-state index contributed by atoms with van der Waals surface area (Å²) in [7, 11) is -3.04. The predicted molar refractivity (Wildman–Crippen MR) is 110 cm³/mol. The molecule has 3 aromatic rings. The van der Waals surface area contributed by atoms with E-state index in [0.717, 1.165) is 5.56 Å². The lowest BCUT2D eigenvalue weighted by molar-refractivity contribution is 0.371. The van der Waals surface area contributed by atoms with Gasteiger partial charge < -0.3 is 9.15 Å². The first-order valence-electron chi connectivity index (χ1n) is 9.09. The van der Waals surface area contributed by atoms with Gasteiger partial charge in [-0.1, -0.05) is 24.6 Å². The Morgan fingerprint density at radius 2 is 1.97 bits per heavy atom. The van der Waals surface area contributed by atoms with Crippen molar-refractivity contribution in [2.75, 3.05) is 7.11 Å². The fraction of sp³-hybridized carbons (Fsp3) is 0.316. The van der Waals surface area contributed by atoms with Crippen LogP contribution in [0.2, 0.25) is 5.15 Å². The molecule has 2 heterocycles. The fourth-order valence-corrected chi connectivity index (χ4v) is 4.77. The molecule has 0 fully saturated rings. The van der Waals surface area contributed by atoms with E-state index in [0.29, 0.717) is 5.56 Å². The van der Waals surface area contributed by atoms with Crippen molar-refractivity contribution in [3.05, 3.63) is 68.4 Å². The molecular weight excluding hydrogens is 451 g/mol. The summed E-state index contributed by atoms with van der Waals surface area (Å²) in [5, 5.41) is 5.89. The molecular formula is C19H20ClFN4O5S. The number of benzene rings is 1. The third-order valence-corrected chi connectivity index (χ3v) is 6.63. The Morgan fingerprint density at radius 1 is 1.26 bits per heavy atom. The van der Waals surface area contributed by atoms with Crippen molar-refractivity contribution in [3.8, 4) is 5.88 Å². The molecule has 1 aromatic carbocycles. The summed E-state index contributed by atoms with van der Waals surface area (Å²) in [5.41, 5.74) is 1.72. The van der Waals surface area contributed by atoms with Gasteiger partial charge in [0.25, 0.3) is 0 Å². The van der Waals surface area contributed by atoms with Gasteiger partial charge in [-0.2, -0.15) is 4.72 Å². The zero-order chi connectivity index (χ0) is 22.9. The molecule has 12 heteroatoms. The van der Waals surface area contributed by atoms with Gasteiger partial charge in [0.1, 0.15) is 21.9 Å². The molecule has 31 heavy (non-hydrogen) atoms. The van der Waals surface area contributed by atoms with Crippen molar-refractivity contribution in [1.29, 1.82) is 0 Å². The van der Waals surface area contributed by atoms with Crippen LogP contribution >= 0.6 is 11.6 Å². The lowest BCUT2D eigenvalue weighted by Crippen LogP contribution is -2.33. The van der Waals surface area contributed by atoms with Crippen LogP contribution in [0.3, 0.4) is 0 Å². The highest BCUT2D eigenvalue weighted by Gasteiger charge is 2.34. The van der Waals surface area contributed by atoms with Gasteiger partial charge in [-0.25, -0.2) is 27.7 Å². The fourth-order valence-electron chi connectivity index (χ4n) is 3.26. The molecule has 0 amide bonds. The number of pyridine rings is 1. The van der Waals surface area contributed by atoms with Crippen molar-refractivity contribution in [1.82, 2.24) is 19.9 Å². The number of sulfonamides is 1. The van der Waals surface area contributed by atoms with Gasteiger partial charge in [0.2, 0.25) is 21.8 Å². The molecule has 0 aliphatic carbocycles. The molecule has 2 aromatic heterocycles. The minimum Gasteiger partial charge on any atom is -0.480 e. The number of nitrogens with one attached hydrogen (secondary N) is 2. The lowest BCUT2D eigenvalue weighted by atomic mass is 9.88. The van der Waals surface area contributed by atoms with Gasteiger partial charge in [-0.3, -0.25) is 0 Å². The van der Waals surface area contributed by atoms with E-state index < -0.39 is 33.6 Å². The molecule has 0 radical (unpaired) electrons. The topological polar surface area (TPSA) is 127 Å². The highest BCUT2D eigenvalue weighted by Crippen LogP contribution is 2.36. The third-order valence-electron chi connectivity index (χ3n) is 4.96. The zero-order valence-electron chi connectivity index (χ0n) is 17.1. The number of hydrogen-bond donors (Lipinski definition) is 2. The van der Waals surface area contributed by atoms with E-state index in [1.165, 1.54) is 25.3 Å². The van der Waals surface area contributed by atoms with Gasteiger partial charge in [0.15, 0.2) is 0 Å².